The standard InChI is InChI=1S/C13H17N5O3S/c1-9-5-12(17-21-9)16-11-6-13(15-8-14-11)18(2)10-3-4-22(19,20)7-10/h5-6,8,10H,3-4,7H2,1-2H3,(H,14,15,16,17). The number of hydrogen-bond donors (Lipinski definition) is 1. The highest BCUT2D eigenvalue weighted by Gasteiger charge is 2.31. The molecule has 8 nitrogen and oxygen atoms in total. The molecule has 1 N–H and O–H groups in total. The van der Waals surface area contributed by atoms with Crippen molar-refractivity contribution in [3.63, 3.8) is 0 Å². The van der Waals surface area contributed by atoms with E-state index in [1.54, 1.807) is 19.1 Å². The van der Waals surface area contributed by atoms with Crippen molar-refractivity contribution in [2.75, 3.05) is 28.8 Å². The lowest BCUT2D eigenvalue weighted by Crippen LogP contribution is -2.33. The number of hydrogen-bond acceptors (Lipinski definition) is 8. The van der Waals surface area contributed by atoms with Gasteiger partial charge in [0.2, 0.25) is 0 Å². The number of aryl methyl sites for hydroxylation is 1. The van der Waals surface area contributed by atoms with Crippen LogP contribution in [-0.4, -0.2) is 48.1 Å². The third kappa shape index (κ3) is 3.19. The molecule has 1 fully saturated rings. The van der Waals surface area contributed by atoms with E-state index < -0.39 is 9.84 Å². The molecule has 3 rings (SSSR count). The van der Waals surface area contributed by atoms with E-state index in [2.05, 4.69) is 20.4 Å². The zero-order valence-electron chi connectivity index (χ0n) is 12.4. The van der Waals surface area contributed by atoms with Crippen LogP contribution in [0.25, 0.3) is 0 Å². The molecule has 0 radical (unpaired) electrons. The lowest BCUT2D eigenvalue weighted by atomic mass is 10.2. The molecule has 9 heteroatoms. The van der Waals surface area contributed by atoms with Gasteiger partial charge in [0.1, 0.15) is 23.7 Å². The van der Waals surface area contributed by atoms with Gasteiger partial charge in [0.25, 0.3) is 0 Å². The molecule has 0 saturated carbocycles. The molecule has 22 heavy (non-hydrogen) atoms. The number of nitrogens with one attached hydrogen (secondary N) is 1. The van der Waals surface area contributed by atoms with Crippen LogP contribution in [0.4, 0.5) is 17.5 Å². The van der Waals surface area contributed by atoms with Gasteiger partial charge in [-0.1, -0.05) is 5.16 Å². The van der Waals surface area contributed by atoms with Gasteiger partial charge >= 0.3 is 0 Å². The molecule has 1 saturated heterocycles. The molecule has 0 spiro atoms. The predicted octanol–water partition coefficient (Wildman–Crippen LogP) is 1.14. The van der Waals surface area contributed by atoms with Gasteiger partial charge in [0.15, 0.2) is 15.7 Å². The van der Waals surface area contributed by atoms with Crippen LogP contribution in [0.5, 0.6) is 0 Å². The smallest absolute Gasteiger partial charge is 0.175 e. The minimum Gasteiger partial charge on any atom is -0.360 e. The highest BCUT2D eigenvalue weighted by atomic mass is 32.2. The summed E-state index contributed by atoms with van der Waals surface area (Å²) in [5.74, 6) is 2.90. The highest BCUT2D eigenvalue weighted by molar-refractivity contribution is 7.91. The molecule has 1 atom stereocenters. The van der Waals surface area contributed by atoms with Crippen molar-refractivity contribution in [3.8, 4) is 0 Å². The molecule has 0 amide bonds. The Labute approximate surface area is 128 Å². The van der Waals surface area contributed by atoms with Gasteiger partial charge in [-0.3, -0.25) is 0 Å². The lowest BCUT2D eigenvalue weighted by molar-refractivity contribution is 0.400. The minimum absolute atomic E-state index is 0.0537. The van der Waals surface area contributed by atoms with E-state index in [9.17, 15) is 8.42 Å². The van der Waals surface area contributed by atoms with Crippen molar-refractivity contribution in [1.29, 1.82) is 0 Å². The average molecular weight is 323 g/mol. The van der Waals surface area contributed by atoms with Crippen LogP contribution in [0.3, 0.4) is 0 Å². The maximum absolute atomic E-state index is 11.6. The molecule has 118 valence electrons. The van der Waals surface area contributed by atoms with Gasteiger partial charge in [0.05, 0.1) is 11.5 Å². The van der Waals surface area contributed by atoms with E-state index >= 15 is 0 Å². The van der Waals surface area contributed by atoms with Crippen LogP contribution in [0.1, 0.15) is 12.2 Å². The van der Waals surface area contributed by atoms with E-state index in [1.165, 1.54) is 6.33 Å². The van der Waals surface area contributed by atoms with E-state index in [1.807, 2.05) is 11.9 Å². The summed E-state index contributed by atoms with van der Waals surface area (Å²) in [6.45, 7) is 1.80. The molecular formula is C13H17N5O3S. The van der Waals surface area contributed by atoms with Crippen LogP contribution in [0.2, 0.25) is 0 Å². The summed E-state index contributed by atoms with van der Waals surface area (Å²) in [5, 5.41) is 6.87. The Morgan fingerprint density at radius 1 is 1.32 bits per heavy atom. The molecule has 3 heterocycles. The maximum atomic E-state index is 11.6. The first kappa shape index (κ1) is 14.8. The Kier molecular flexibility index (Phi) is 3.73. The van der Waals surface area contributed by atoms with Gasteiger partial charge in [-0.25, -0.2) is 18.4 Å². The van der Waals surface area contributed by atoms with Crippen molar-refractivity contribution in [1.82, 2.24) is 15.1 Å². The third-order valence-electron chi connectivity index (χ3n) is 3.65. The first-order chi connectivity index (χ1) is 10.4. The Balaban J connectivity index is 1.76. The summed E-state index contributed by atoms with van der Waals surface area (Å²) in [7, 11) is -1.08. The largest absolute Gasteiger partial charge is 0.360 e. The zero-order chi connectivity index (χ0) is 15.7. The summed E-state index contributed by atoms with van der Waals surface area (Å²) in [4.78, 5) is 10.2. The Morgan fingerprint density at radius 2 is 2.14 bits per heavy atom. The van der Waals surface area contributed by atoms with Gasteiger partial charge in [-0.2, -0.15) is 0 Å². The number of sulfone groups is 1. The molecule has 2 aromatic heterocycles. The quantitative estimate of drug-likeness (QED) is 0.894. The van der Waals surface area contributed by atoms with Crippen molar-refractivity contribution >= 4 is 27.3 Å². The summed E-state index contributed by atoms with van der Waals surface area (Å²) in [6.07, 6.45) is 2.05. The number of aromatic nitrogens is 3. The van der Waals surface area contributed by atoms with Crippen LogP contribution < -0.4 is 10.2 Å². The molecular weight excluding hydrogens is 306 g/mol. The van der Waals surface area contributed by atoms with Crippen molar-refractivity contribution < 1.29 is 12.9 Å². The summed E-state index contributed by atoms with van der Waals surface area (Å²) in [6, 6.07) is 3.46. The van der Waals surface area contributed by atoms with Crippen molar-refractivity contribution in [3.05, 3.63) is 24.2 Å². The average Bonchev–Trinajstić information content (AvgIpc) is 3.04. The summed E-state index contributed by atoms with van der Waals surface area (Å²) < 4.78 is 28.2. The fraction of sp³-hybridized carbons (Fsp3) is 0.462. The SMILES string of the molecule is Cc1cc(Nc2cc(N(C)C3CCS(=O)(=O)C3)ncn2)no1. The Morgan fingerprint density at radius 3 is 2.77 bits per heavy atom. The van der Waals surface area contributed by atoms with Crippen molar-refractivity contribution in [2.45, 2.75) is 19.4 Å². The van der Waals surface area contributed by atoms with Gasteiger partial charge < -0.3 is 14.7 Å². The third-order valence-corrected chi connectivity index (χ3v) is 5.40. The monoisotopic (exact) mass is 323 g/mol. The molecule has 1 aliphatic heterocycles. The van der Waals surface area contributed by atoms with Crippen LogP contribution in [-0.2, 0) is 9.84 Å². The first-order valence-corrected chi connectivity index (χ1v) is 8.71. The van der Waals surface area contributed by atoms with Gasteiger partial charge in [0, 0.05) is 25.2 Å². The van der Waals surface area contributed by atoms with Crippen LogP contribution in [0, 0.1) is 6.92 Å². The van der Waals surface area contributed by atoms with E-state index in [4.69, 9.17) is 4.52 Å². The Hall–Kier alpha value is -2.16. The topological polar surface area (TPSA) is 101 Å². The second kappa shape index (κ2) is 5.56. The minimum atomic E-state index is -2.93. The molecule has 0 aliphatic carbocycles. The van der Waals surface area contributed by atoms with E-state index in [0.717, 1.165) is 0 Å². The first-order valence-electron chi connectivity index (χ1n) is 6.88. The highest BCUT2D eigenvalue weighted by Crippen LogP contribution is 2.23. The van der Waals surface area contributed by atoms with Crippen LogP contribution >= 0.6 is 0 Å². The van der Waals surface area contributed by atoms with E-state index in [-0.39, 0.29) is 17.5 Å². The van der Waals surface area contributed by atoms with Crippen LogP contribution in [0.15, 0.2) is 23.0 Å². The zero-order valence-corrected chi connectivity index (χ0v) is 13.2. The second-order valence-corrected chi connectivity index (χ2v) is 7.61. The fourth-order valence-corrected chi connectivity index (χ4v) is 4.21. The summed E-state index contributed by atoms with van der Waals surface area (Å²) >= 11 is 0. The summed E-state index contributed by atoms with van der Waals surface area (Å²) in [5.41, 5.74) is 0. The lowest BCUT2D eigenvalue weighted by Gasteiger charge is -2.24. The maximum Gasteiger partial charge on any atom is 0.175 e. The van der Waals surface area contributed by atoms with Gasteiger partial charge in [-0.05, 0) is 13.3 Å². The normalized spacial score (nSPS) is 20.0. The fourth-order valence-electron chi connectivity index (χ4n) is 2.43. The molecule has 1 aliphatic rings. The number of rotatable bonds is 4. The molecule has 0 aromatic carbocycles. The predicted molar refractivity (Wildman–Crippen MR) is 82.0 cm³/mol. The molecule has 1 unspecified atom stereocenters. The Bertz CT molecular complexity index is 773. The van der Waals surface area contributed by atoms with Crippen molar-refractivity contribution in [2.24, 2.45) is 0 Å². The second-order valence-electron chi connectivity index (χ2n) is 5.38. The molecule has 2 aromatic rings. The van der Waals surface area contributed by atoms with E-state index in [0.29, 0.717) is 29.6 Å². The van der Waals surface area contributed by atoms with Gasteiger partial charge in [-0.15, -0.1) is 0 Å². The molecule has 0 bridgehead atoms. The number of anilines is 3. The number of nitrogens with zero attached hydrogens (tertiary/aromatic N) is 4.